The maximum atomic E-state index is 13.3. The molecule has 4 heterocycles. The number of aryl methyl sites for hydroxylation is 2. The molecule has 32 heavy (non-hydrogen) atoms. The molecule has 5 rings (SSSR count). The summed E-state index contributed by atoms with van der Waals surface area (Å²) >= 11 is 0. The van der Waals surface area contributed by atoms with Crippen molar-refractivity contribution in [3.05, 3.63) is 71.7 Å². The summed E-state index contributed by atoms with van der Waals surface area (Å²) in [5, 5.41) is 11.5. The van der Waals surface area contributed by atoms with Gasteiger partial charge in [0.05, 0.1) is 18.8 Å². The van der Waals surface area contributed by atoms with Gasteiger partial charge in [0.15, 0.2) is 11.5 Å². The minimum atomic E-state index is -0.497. The number of aromatic nitrogens is 3. The highest BCUT2D eigenvalue weighted by atomic mass is 16.2. The van der Waals surface area contributed by atoms with Crippen molar-refractivity contribution >= 4 is 23.2 Å². The van der Waals surface area contributed by atoms with Crippen LogP contribution in [-0.4, -0.2) is 50.0 Å². The summed E-state index contributed by atoms with van der Waals surface area (Å²) in [6, 6.07) is 15.9. The van der Waals surface area contributed by atoms with Crippen LogP contribution in [0.2, 0.25) is 0 Å². The Hall–Kier alpha value is -3.68. The van der Waals surface area contributed by atoms with E-state index in [0.717, 1.165) is 41.4 Å². The van der Waals surface area contributed by atoms with Crippen LogP contribution in [0.3, 0.4) is 0 Å². The maximum Gasteiger partial charge on any atom is 0.274 e. The minimum absolute atomic E-state index is 0.0473. The van der Waals surface area contributed by atoms with Crippen LogP contribution in [-0.2, 0) is 13.6 Å². The zero-order valence-corrected chi connectivity index (χ0v) is 18.4. The summed E-state index contributed by atoms with van der Waals surface area (Å²) in [5.74, 6) is 1.53. The van der Waals surface area contributed by atoms with Crippen molar-refractivity contribution < 1.29 is 4.79 Å². The van der Waals surface area contributed by atoms with Crippen LogP contribution in [0.25, 0.3) is 0 Å². The van der Waals surface area contributed by atoms with Gasteiger partial charge in [0.25, 0.3) is 5.91 Å². The lowest BCUT2D eigenvalue weighted by Gasteiger charge is -2.46. The predicted octanol–water partition coefficient (Wildman–Crippen LogP) is 3.23. The standard InChI is InChI=1S/C24H27N7O/c1-17-14-20(29-30(17)2)22(32)31-13-7-11-24(16-31)23(26-15-18-8-4-3-5-9-18)27-21-19(28-24)10-6-12-25-21/h3-6,8-10,12,14,28H,7,11,13,15-16H2,1-2H3,(H,25,26,27)/t24-/m0/s1. The first-order chi connectivity index (χ1) is 15.5. The number of carbonyl (C=O) groups is 1. The molecule has 0 bridgehead atoms. The Morgan fingerprint density at radius 1 is 1.22 bits per heavy atom. The van der Waals surface area contributed by atoms with Crippen molar-refractivity contribution in [3.8, 4) is 0 Å². The summed E-state index contributed by atoms with van der Waals surface area (Å²) in [4.78, 5) is 24.6. The number of aliphatic imine (C=N–C) groups is 1. The van der Waals surface area contributed by atoms with Crippen LogP contribution in [0.1, 0.15) is 34.6 Å². The van der Waals surface area contributed by atoms with E-state index in [9.17, 15) is 4.79 Å². The molecule has 3 aromatic rings. The average Bonchev–Trinajstić information content (AvgIpc) is 3.16. The lowest BCUT2D eigenvalue weighted by atomic mass is 9.85. The van der Waals surface area contributed by atoms with Crippen LogP contribution < -0.4 is 10.6 Å². The number of amides is 1. The van der Waals surface area contributed by atoms with Crippen molar-refractivity contribution in [1.82, 2.24) is 19.7 Å². The molecule has 1 saturated heterocycles. The Labute approximate surface area is 187 Å². The van der Waals surface area contributed by atoms with E-state index in [1.165, 1.54) is 0 Å². The quantitative estimate of drug-likeness (QED) is 0.667. The number of carbonyl (C=O) groups excluding carboxylic acids is 1. The van der Waals surface area contributed by atoms with Gasteiger partial charge in [0, 0.05) is 25.5 Å². The molecule has 1 atom stereocenters. The van der Waals surface area contributed by atoms with Gasteiger partial charge >= 0.3 is 0 Å². The van der Waals surface area contributed by atoms with Gasteiger partial charge in [0.1, 0.15) is 11.4 Å². The smallest absolute Gasteiger partial charge is 0.274 e. The van der Waals surface area contributed by atoms with Crippen LogP contribution in [0.15, 0.2) is 59.7 Å². The van der Waals surface area contributed by atoms with Gasteiger partial charge in [-0.2, -0.15) is 5.10 Å². The largest absolute Gasteiger partial charge is 0.368 e. The molecule has 2 aliphatic heterocycles. The van der Waals surface area contributed by atoms with Crippen LogP contribution in [0, 0.1) is 6.92 Å². The molecule has 164 valence electrons. The SMILES string of the molecule is Cc1cc(C(=O)N2CCC[C@@]3(C2)Nc2cccnc2NC3=NCc2ccccc2)nn1C. The number of nitrogens with one attached hydrogen (secondary N) is 2. The molecule has 2 N–H and O–H groups in total. The Balaban J connectivity index is 1.47. The topological polar surface area (TPSA) is 87.4 Å². The number of rotatable bonds is 3. The molecule has 1 aromatic carbocycles. The number of benzene rings is 1. The average molecular weight is 430 g/mol. The van der Waals surface area contributed by atoms with E-state index in [1.54, 1.807) is 10.9 Å². The van der Waals surface area contributed by atoms with E-state index in [2.05, 4.69) is 32.8 Å². The van der Waals surface area contributed by atoms with E-state index >= 15 is 0 Å². The van der Waals surface area contributed by atoms with Crippen LogP contribution in [0.5, 0.6) is 0 Å². The number of hydrogen-bond donors (Lipinski definition) is 2. The second-order valence-electron chi connectivity index (χ2n) is 8.51. The Morgan fingerprint density at radius 2 is 2.06 bits per heavy atom. The first kappa shape index (κ1) is 20.2. The highest BCUT2D eigenvalue weighted by Crippen LogP contribution is 2.35. The Morgan fingerprint density at radius 3 is 2.84 bits per heavy atom. The number of pyridine rings is 1. The summed E-state index contributed by atoms with van der Waals surface area (Å²) in [6.45, 7) is 3.72. The third-order valence-corrected chi connectivity index (χ3v) is 6.25. The first-order valence-corrected chi connectivity index (χ1v) is 10.9. The van der Waals surface area contributed by atoms with Crippen molar-refractivity contribution in [2.24, 2.45) is 12.0 Å². The van der Waals surface area contributed by atoms with E-state index in [1.807, 2.05) is 55.3 Å². The fourth-order valence-corrected chi connectivity index (χ4v) is 4.45. The molecule has 8 heteroatoms. The van der Waals surface area contributed by atoms with Crippen molar-refractivity contribution in [1.29, 1.82) is 0 Å². The third-order valence-electron chi connectivity index (χ3n) is 6.25. The summed E-state index contributed by atoms with van der Waals surface area (Å²) in [5.41, 5.74) is 3.01. The van der Waals surface area contributed by atoms with E-state index < -0.39 is 5.54 Å². The lowest BCUT2D eigenvalue weighted by molar-refractivity contribution is 0.0687. The van der Waals surface area contributed by atoms with Crippen LogP contribution >= 0.6 is 0 Å². The number of hydrogen-bond acceptors (Lipinski definition) is 5. The van der Waals surface area contributed by atoms with Gasteiger partial charge in [-0.15, -0.1) is 0 Å². The molecule has 1 fully saturated rings. The van der Waals surface area contributed by atoms with Gasteiger partial charge in [-0.05, 0) is 43.5 Å². The molecule has 0 radical (unpaired) electrons. The highest BCUT2D eigenvalue weighted by Gasteiger charge is 2.45. The number of likely N-dealkylation sites (tertiary alicyclic amines) is 1. The zero-order valence-electron chi connectivity index (χ0n) is 18.4. The Bertz CT molecular complexity index is 1150. The van der Waals surface area contributed by atoms with Gasteiger partial charge < -0.3 is 15.5 Å². The molecular weight excluding hydrogens is 402 g/mol. The summed E-state index contributed by atoms with van der Waals surface area (Å²) < 4.78 is 1.74. The van der Waals surface area contributed by atoms with Gasteiger partial charge in [-0.25, -0.2) is 4.98 Å². The van der Waals surface area contributed by atoms with Gasteiger partial charge in [-0.3, -0.25) is 14.5 Å². The molecule has 8 nitrogen and oxygen atoms in total. The lowest BCUT2D eigenvalue weighted by Crippen LogP contribution is -2.62. The molecule has 2 aromatic heterocycles. The first-order valence-electron chi connectivity index (χ1n) is 10.9. The van der Waals surface area contributed by atoms with E-state index in [-0.39, 0.29) is 5.91 Å². The van der Waals surface area contributed by atoms with Crippen molar-refractivity contribution in [2.75, 3.05) is 23.7 Å². The fraction of sp³-hybridized carbons (Fsp3) is 0.333. The maximum absolute atomic E-state index is 13.3. The molecule has 2 aliphatic rings. The third kappa shape index (κ3) is 3.72. The molecular formula is C24H27N7O. The van der Waals surface area contributed by atoms with Crippen LogP contribution in [0.4, 0.5) is 11.5 Å². The van der Waals surface area contributed by atoms with E-state index in [4.69, 9.17) is 4.99 Å². The fourth-order valence-electron chi connectivity index (χ4n) is 4.45. The molecule has 0 unspecified atom stereocenters. The van der Waals surface area contributed by atoms with Crippen molar-refractivity contribution in [3.63, 3.8) is 0 Å². The molecule has 1 spiro atoms. The number of piperidine rings is 1. The second kappa shape index (κ2) is 8.11. The summed E-state index contributed by atoms with van der Waals surface area (Å²) in [7, 11) is 1.86. The number of fused-ring (bicyclic) bond motifs is 1. The number of anilines is 2. The summed E-state index contributed by atoms with van der Waals surface area (Å²) in [6.07, 6.45) is 3.50. The number of amidine groups is 1. The predicted molar refractivity (Wildman–Crippen MR) is 125 cm³/mol. The molecule has 0 aliphatic carbocycles. The zero-order chi connectivity index (χ0) is 22.1. The second-order valence-corrected chi connectivity index (χ2v) is 8.51. The highest BCUT2D eigenvalue weighted by molar-refractivity contribution is 6.09. The van der Waals surface area contributed by atoms with Crippen molar-refractivity contribution in [2.45, 2.75) is 31.8 Å². The van der Waals surface area contributed by atoms with Gasteiger partial charge in [0.2, 0.25) is 0 Å². The monoisotopic (exact) mass is 429 g/mol. The van der Waals surface area contributed by atoms with E-state index in [0.29, 0.717) is 25.3 Å². The molecule has 0 saturated carbocycles. The molecule has 1 amide bonds. The van der Waals surface area contributed by atoms with Gasteiger partial charge in [-0.1, -0.05) is 30.3 Å². The number of nitrogens with zero attached hydrogens (tertiary/aromatic N) is 5. The Kier molecular flexibility index (Phi) is 5.13. The normalized spacial score (nSPS) is 21.2. The minimum Gasteiger partial charge on any atom is -0.368 e.